The van der Waals surface area contributed by atoms with E-state index in [0.717, 1.165) is 43.9 Å². The molecule has 1 aliphatic rings. The summed E-state index contributed by atoms with van der Waals surface area (Å²) in [6.45, 7) is 6.08. The fraction of sp³-hybridized carbons (Fsp3) is 0.259. The fourth-order valence-corrected chi connectivity index (χ4v) is 3.91. The minimum atomic E-state index is -0.540. The van der Waals surface area contributed by atoms with Gasteiger partial charge in [-0.05, 0) is 41.8 Å². The number of nitrogens with zero attached hydrogens (tertiary/aromatic N) is 2. The Balaban J connectivity index is 0.00000324. The second-order valence-corrected chi connectivity index (χ2v) is 8.29. The first-order chi connectivity index (χ1) is 16.1. The van der Waals surface area contributed by atoms with Crippen LogP contribution >= 0.6 is 12.4 Å². The lowest BCUT2D eigenvalue weighted by Gasteiger charge is -2.34. The lowest BCUT2D eigenvalue weighted by molar-refractivity contribution is -0.132. The van der Waals surface area contributed by atoms with E-state index in [-0.39, 0.29) is 18.3 Å². The number of amides is 2. The Hall–Kier alpha value is -3.35. The summed E-state index contributed by atoms with van der Waals surface area (Å²) in [5, 5.41) is 2.74. The number of aryl methyl sites for hydroxylation is 1. The molecule has 6 nitrogen and oxygen atoms in total. The molecular formula is C27H30ClN3O3. The van der Waals surface area contributed by atoms with Crippen LogP contribution < -0.4 is 10.1 Å². The molecular weight excluding hydrogens is 450 g/mol. The summed E-state index contributed by atoms with van der Waals surface area (Å²) in [5.41, 5.74) is 3.88. The minimum absolute atomic E-state index is 0. The van der Waals surface area contributed by atoms with Crippen molar-refractivity contribution in [2.24, 2.45) is 0 Å². The third-order valence-corrected chi connectivity index (χ3v) is 5.85. The smallest absolute Gasteiger partial charge is 0.410 e. The molecule has 1 heterocycles. The van der Waals surface area contributed by atoms with Gasteiger partial charge in [-0.25, -0.2) is 4.79 Å². The van der Waals surface area contributed by atoms with E-state index in [2.05, 4.69) is 34.5 Å². The third-order valence-electron chi connectivity index (χ3n) is 5.85. The Kier molecular flexibility index (Phi) is 9.08. The average Bonchev–Trinajstić information content (AvgIpc) is 2.83. The van der Waals surface area contributed by atoms with Gasteiger partial charge < -0.3 is 9.64 Å². The number of piperazine rings is 1. The van der Waals surface area contributed by atoms with Gasteiger partial charge in [-0.15, -0.1) is 12.4 Å². The van der Waals surface area contributed by atoms with E-state index < -0.39 is 6.09 Å². The van der Waals surface area contributed by atoms with Crippen molar-refractivity contribution in [1.82, 2.24) is 9.80 Å². The SMILES string of the molecule is Cc1ccccc1NC(=O)Oc1ccc(CC(=O)N2CCN(Cc3ccccc3)CC2)cc1.Cl. The highest BCUT2D eigenvalue weighted by molar-refractivity contribution is 5.87. The Morgan fingerprint density at radius 1 is 0.824 bits per heavy atom. The van der Waals surface area contributed by atoms with Crippen LogP contribution in [0.4, 0.5) is 10.5 Å². The first kappa shape index (κ1) is 25.3. The maximum Gasteiger partial charge on any atom is 0.417 e. The normalized spacial score (nSPS) is 13.6. The van der Waals surface area contributed by atoms with Crippen LogP contribution in [0.25, 0.3) is 0 Å². The van der Waals surface area contributed by atoms with E-state index >= 15 is 0 Å². The number of hydrogen-bond donors (Lipinski definition) is 1. The molecule has 7 heteroatoms. The number of carbonyl (C=O) groups excluding carboxylic acids is 2. The molecule has 4 rings (SSSR count). The Morgan fingerprint density at radius 2 is 1.47 bits per heavy atom. The second kappa shape index (κ2) is 12.2. The van der Waals surface area contributed by atoms with Gasteiger partial charge in [-0.3, -0.25) is 15.0 Å². The second-order valence-electron chi connectivity index (χ2n) is 8.29. The molecule has 2 amide bonds. The van der Waals surface area contributed by atoms with Crippen LogP contribution in [-0.2, 0) is 17.8 Å². The lowest BCUT2D eigenvalue weighted by Crippen LogP contribution is -2.48. The van der Waals surface area contributed by atoms with E-state index in [0.29, 0.717) is 17.9 Å². The summed E-state index contributed by atoms with van der Waals surface area (Å²) in [6.07, 6.45) is -0.199. The van der Waals surface area contributed by atoms with Crippen LogP contribution in [-0.4, -0.2) is 48.0 Å². The zero-order valence-electron chi connectivity index (χ0n) is 19.3. The zero-order valence-corrected chi connectivity index (χ0v) is 20.1. The van der Waals surface area contributed by atoms with Crippen LogP contribution in [0.2, 0.25) is 0 Å². The summed E-state index contributed by atoms with van der Waals surface area (Å²) in [6, 6.07) is 25.0. The van der Waals surface area contributed by atoms with Gasteiger partial charge in [0.2, 0.25) is 5.91 Å². The van der Waals surface area contributed by atoms with Gasteiger partial charge in [0.05, 0.1) is 6.42 Å². The van der Waals surface area contributed by atoms with E-state index in [9.17, 15) is 9.59 Å². The number of anilines is 1. The lowest BCUT2D eigenvalue weighted by atomic mass is 10.1. The number of rotatable bonds is 6. The van der Waals surface area contributed by atoms with E-state index in [4.69, 9.17) is 4.74 Å². The molecule has 0 aliphatic carbocycles. The molecule has 178 valence electrons. The van der Waals surface area contributed by atoms with Crippen LogP contribution in [0.3, 0.4) is 0 Å². The van der Waals surface area contributed by atoms with Gasteiger partial charge in [0.25, 0.3) is 0 Å². The van der Waals surface area contributed by atoms with Gasteiger partial charge in [0.15, 0.2) is 0 Å². The molecule has 1 fully saturated rings. The summed E-state index contributed by atoms with van der Waals surface area (Å²) < 4.78 is 5.36. The quantitative estimate of drug-likeness (QED) is 0.545. The minimum Gasteiger partial charge on any atom is -0.410 e. The van der Waals surface area contributed by atoms with E-state index in [1.54, 1.807) is 12.1 Å². The van der Waals surface area contributed by atoms with Gasteiger partial charge >= 0.3 is 6.09 Å². The van der Waals surface area contributed by atoms with E-state index in [1.807, 2.05) is 54.3 Å². The molecule has 0 atom stereocenters. The largest absolute Gasteiger partial charge is 0.417 e. The Labute approximate surface area is 206 Å². The highest BCUT2D eigenvalue weighted by atomic mass is 35.5. The molecule has 1 aliphatic heterocycles. The number of carbonyl (C=O) groups is 2. The molecule has 3 aromatic rings. The van der Waals surface area contributed by atoms with Crippen LogP contribution in [0.1, 0.15) is 16.7 Å². The predicted octanol–water partition coefficient (Wildman–Crippen LogP) is 4.91. The van der Waals surface area contributed by atoms with Crippen molar-refractivity contribution in [3.63, 3.8) is 0 Å². The number of benzene rings is 3. The van der Waals surface area contributed by atoms with Gasteiger partial charge in [0.1, 0.15) is 5.75 Å². The van der Waals surface area contributed by atoms with Gasteiger partial charge in [-0.1, -0.05) is 60.7 Å². The standard InChI is InChI=1S/C27H29N3O3.ClH/c1-21-7-5-6-10-25(21)28-27(32)33-24-13-11-22(12-14-24)19-26(31)30-17-15-29(16-18-30)20-23-8-3-2-4-9-23;/h2-14H,15-20H2,1H3,(H,28,32);1H. The number of hydrogen-bond acceptors (Lipinski definition) is 4. The van der Waals surface area contributed by atoms with Crippen molar-refractivity contribution < 1.29 is 14.3 Å². The molecule has 34 heavy (non-hydrogen) atoms. The topological polar surface area (TPSA) is 61.9 Å². The predicted molar refractivity (Wildman–Crippen MR) is 137 cm³/mol. The van der Waals surface area contributed by atoms with Crippen LogP contribution in [0.15, 0.2) is 78.9 Å². The van der Waals surface area contributed by atoms with Gasteiger partial charge in [0, 0.05) is 38.4 Å². The number of halogens is 1. The molecule has 1 saturated heterocycles. The maximum atomic E-state index is 12.7. The highest BCUT2D eigenvalue weighted by Gasteiger charge is 2.21. The summed E-state index contributed by atoms with van der Waals surface area (Å²) >= 11 is 0. The molecule has 0 saturated carbocycles. The van der Waals surface area contributed by atoms with Crippen molar-refractivity contribution >= 4 is 30.1 Å². The molecule has 0 spiro atoms. The fourth-order valence-electron chi connectivity index (χ4n) is 3.91. The molecule has 1 N–H and O–H groups in total. The van der Waals surface area contributed by atoms with Gasteiger partial charge in [-0.2, -0.15) is 0 Å². The van der Waals surface area contributed by atoms with Crippen LogP contribution in [0.5, 0.6) is 5.75 Å². The van der Waals surface area contributed by atoms with Crippen molar-refractivity contribution in [2.45, 2.75) is 19.9 Å². The van der Waals surface area contributed by atoms with E-state index in [1.165, 1.54) is 5.56 Å². The average molecular weight is 480 g/mol. The number of ether oxygens (including phenoxy) is 1. The number of nitrogens with one attached hydrogen (secondary N) is 1. The summed E-state index contributed by atoms with van der Waals surface area (Å²) in [5.74, 6) is 0.562. The molecule has 0 unspecified atom stereocenters. The number of para-hydroxylation sites is 1. The van der Waals surface area contributed by atoms with Crippen molar-refractivity contribution in [3.8, 4) is 5.75 Å². The Bertz CT molecular complexity index is 1080. The zero-order chi connectivity index (χ0) is 23.0. The van der Waals surface area contributed by atoms with Crippen molar-refractivity contribution in [2.75, 3.05) is 31.5 Å². The summed E-state index contributed by atoms with van der Waals surface area (Å²) in [4.78, 5) is 29.2. The molecule has 0 radical (unpaired) electrons. The van der Waals surface area contributed by atoms with Crippen molar-refractivity contribution in [3.05, 3.63) is 95.6 Å². The first-order valence-corrected chi connectivity index (χ1v) is 11.2. The highest BCUT2D eigenvalue weighted by Crippen LogP contribution is 2.17. The first-order valence-electron chi connectivity index (χ1n) is 11.2. The van der Waals surface area contributed by atoms with Crippen LogP contribution in [0, 0.1) is 6.92 Å². The Morgan fingerprint density at radius 3 is 2.15 bits per heavy atom. The molecule has 0 aromatic heterocycles. The molecule has 3 aromatic carbocycles. The summed E-state index contributed by atoms with van der Waals surface area (Å²) in [7, 11) is 0. The van der Waals surface area contributed by atoms with Crippen molar-refractivity contribution in [1.29, 1.82) is 0 Å². The molecule has 0 bridgehead atoms. The maximum absolute atomic E-state index is 12.7. The monoisotopic (exact) mass is 479 g/mol. The third kappa shape index (κ3) is 7.07.